The van der Waals surface area contributed by atoms with E-state index in [4.69, 9.17) is 5.73 Å². The van der Waals surface area contributed by atoms with E-state index in [0.29, 0.717) is 0 Å². The van der Waals surface area contributed by atoms with E-state index in [2.05, 4.69) is 25.2 Å². The maximum Gasteiger partial charge on any atom is 0.0275 e. The summed E-state index contributed by atoms with van der Waals surface area (Å²) >= 11 is 0. The molecule has 0 aliphatic heterocycles. The van der Waals surface area contributed by atoms with E-state index in [1.807, 2.05) is 0 Å². The summed E-state index contributed by atoms with van der Waals surface area (Å²) in [6.07, 6.45) is 14.1. The summed E-state index contributed by atoms with van der Waals surface area (Å²) in [7, 11) is 0. The molecule has 0 aromatic heterocycles. The Hall–Kier alpha value is -0.340. The lowest BCUT2D eigenvalue weighted by Crippen LogP contribution is -2.49. The number of rotatable bonds is 10. The van der Waals surface area contributed by atoms with Gasteiger partial charge in [0.25, 0.3) is 0 Å². The Morgan fingerprint density at radius 2 is 2.17 bits per heavy atom. The van der Waals surface area contributed by atoms with E-state index in [0.717, 1.165) is 13.1 Å². The second-order valence-corrected chi connectivity index (χ2v) is 6.01. The second-order valence-electron chi connectivity index (χ2n) is 6.01. The SMILES string of the molecule is CCCCCCC(C)(CN)NCCC1=CCCC1. The van der Waals surface area contributed by atoms with Gasteiger partial charge in [-0.1, -0.05) is 44.3 Å². The predicted molar refractivity (Wildman–Crippen MR) is 80.8 cm³/mol. The van der Waals surface area contributed by atoms with Gasteiger partial charge in [0.2, 0.25) is 0 Å². The van der Waals surface area contributed by atoms with E-state index in [-0.39, 0.29) is 5.54 Å². The lowest BCUT2D eigenvalue weighted by atomic mass is 9.93. The largest absolute Gasteiger partial charge is 0.329 e. The normalized spacial score (nSPS) is 18.7. The maximum atomic E-state index is 5.94. The van der Waals surface area contributed by atoms with Crippen LogP contribution in [0.3, 0.4) is 0 Å². The van der Waals surface area contributed by atoms with Gasteiger partial charge in [-0.15, -0.1) is 0 Å². The molecule has 106 valence electrons. The highest BCUT2D eigenvalue weighted by Gasteiger charge is 2.20. The molecule has 0 spiro atoms. The Morgan fingerprint density at radius 3 is 2.78 bits per heavy atom. The van der Waals surface area contributed by atoms with Crippen molar-refractivity contribution in [2.24, 2.45) is 5.73 Å². The summed E-state index contributed by atoms with van der Waals surface area (Å²) in [4.78, 5) is 0. The molecule has 0 fully saturated rings. The lowest BCUT2D eigenvalue weighted by Gasteiger charge is -2.30. The third kappa shape index (κ3) is 6.01. The molecule has 0 bridgehead atoms. The highest BCUT2D eigenvalue weighted by atomic mass is 15.0. The van der Waals surface area contributed by atoms with Crippen molar-refractivity contribution in [2.45, 2.75) is 77.2 Å². The molecule has 0 radical (unpaired) electrons. The molecular weight excluding hydrogens is 220 g/mol. The maximum absolute atomic E-state index is 5.94. The number of unbranched alkanes of at least 4 members (excludes halogenated alkanes) is 3. The Labute approximate surface area is 113 Å². The first-order valence-corrected chi connectivity index (χ1v) is 7.83. The first-order chi connectivity index (χ1) is 8.70. The predicted octanol–water partition coefficient (Wildman–Crippen LogP) is 3.76. The van der Waals surface area contributed by atoms with Gasteiger partial charge < -0.3 is 11.1 Å². The van der Waals surface area contributed by atoms with Crippen LogP contribution in [0.1, 0.15) is 71.6 Å². The number of nitrogens with two attached hydrogens (primary N) is 1. The van der Waals surface area contributed by atoms with E-state index in [1.54, 1.807) is 5.57 Å². The average Bonchev–Trinajstić information content (AvgIpc) is 2.88. The van der Waals surface area contributed by atoms with Gasteiger partial charge in [0.1, 0.15) is 0 Å². The molecule has 1 aliphatic carbocycles. The molecule has 1 aliphatic rings. The topological polar surface area (TPSA) is 38.0 Å². The molecule has 1 unspecified atom stereocenters. The van der Waals surface area contributed by atoms with Gasteiger partial charge in [-0.05, 0) is 45.6 Å². The van der Waals surface area contributed by atoms with Crippen LogP contribution in [0.5, 0.6) is 0 Å². The molecule has 0 heterocycles. The zero-order valence-corrected chi connectivity index (χ0v) is 12.4. The summed E-state index contributed by atoms with van der Waals surface area (Å²) in [5, 5.41) is 3.68. The van der Waals surface area contributed by atoms with Crippen LogP contribution in [0.4, 0.5) is 0 Å². The molecular formula is C16H32N2. The van der Waals surface area contributed by atoms with Crippen molar-refractivity contribution in [3.63, 3.8) is 0 Å². The van der Waals surface area contributed by atoms with Gasteiger partial charge in [0.05, 0.1) is 0 Å². The molecule has 0 aromatic rings. The van der Waals surface area contributed by atoms with Crippen LogP contribution in [0.2, 0.25) is 0 Å². The Morgan fingerprint density at radius 1 is 1.33 bits per heavy atom. The van der Waals surface area contributed by atoms with Crippen LogP contribution in [-0.4, -0.2) is 18.6 Å². The zero-order valence-electron chi connectivity index (χ0n) is 12.4. The van der Waals surface area contributed by atoms with E-state index < -0.39 is 0 Å². The summed E-state index contributed by atoms with van der Waals surface area (Å²) in [5.74, 6) is 0. The molecule has 2 nitrogen and oxygen atoms in total. The quantitative estimate of drug-likeness (QED) is 0.459. The van der Waals surface area contributed by atoms with Gasteiger partial charge in [-0.2, -0.15) is 0 Å². The highest BCUT2D eigenvalue weighted by Crippen LogP contribution is 2.21. The molecule has 0 saturated carbocycles. The van der Waals surface area contributed by atoms with Crippen LogP contribution >= 0.6 is 0 Å². The van der Waals surface area contributed by atoms with Crippen molar-refractivity contribution < 1.29 is 0 Å². The van der Waals surface area contributed by atoms with Crippen molar-refractivity contribution in [1.29, 1.82) is 0 Å². The average molecular weight is 252 g/mol. The summed E-state index contributed by atoms with van der Waals surface area (Å²) in [6, 6.07) is 0. The fraction of sp³-hybridized carbons (Fsp3) is 0.875. The Balaban J connectivity index is 2.17. The van der Waals surface area contributed by atoms with Crippen LogP contribution in [0.25, 0.3) is 0 Å². The first kappa shape index (κ1) is 15.7. The summed E-state index contributed by atoms with van der Waals surface area (Å²) in [5.41, 5.74) is 7.73. The zero-order chi connectivity index (χ0) is 13.3. The molecule has 2 heteroatoms. The number of hydrogen-bond donors (Lipinski definition) is 2. The van der Waals surface area contributed by atoms with Crippen molar-refractivity contribution in [3.8, 4) is 0 Å². The van der Waals surface area contributed by atoms with Crippen molar-refractivity contribution in [2.75, 3.05) is 13.1 Å². The van der Waals surface area contributed by atoms with Crippen LogP contribution in [0, 0.1) is 0 Å². The summed E-state index contributed by atoms with van der Waals surface area (Å²) in [6.45, 7) is 6.38. The van der Waals surface area contributed by atoms with Gasteiger partial charge in [-0.3, -0.25) is 0 Å². The van der Waals surface area contributed by atoms with Crippen LogP contribution in [-0.2, 0) is 0 Å². The Kier molecular flexibility index (Phi) is 7.60. The van der Waals surface area contributed by atoms with Gasteiger partial charge in [-0.25, -0.2) is 0 Å². The molecule has 1 atom stereocenters. The third-order valence-corrected chi connectivity index (χ3v) is 4.17. The monoisotopic (exact) mass is 252 g/mol. The van der Waals surface area contributed by atoms with Crippen LogP contribution in [0.15, 0.2) is 11.6 Å². The minimum absolute atomic E-state index is 0.146. The smallest absolute Gasteiger partial charge is 0.0275 e. The molecule has 18 heavy (non-hydrogen) atoms. The molecule has 0 aromatic carbocycles. The number of hydrogen-bond acceptors (Lipinski definition) is 2. The minimum atomic E-state index is 0.146. The fourth-order valence-corrected chi connectivity index (χ4v) is 2.69. The number of nitrogens with one attached hydrogen (secondary N) is 1. The highest BCUT2D eigenvalue weighted by molar-refractivity contribution is 5.07. The third-order valence-electron chi connectivity index (χ3n) is 4.17. The van der Waals surface area contributed by atoms with Gasteiger partial charge >= 0.3 is 0 Å². The first-order valence-electron chi connectivity index (χ1n) is 7.83. The molecule has 0 amide bonds. The molecule has 3 N–H and O–H groups in total. The molecule has 0 saturated heterocycles. The van der Waals surface area contributed by atoms with Crippen molar-refractivity contribution >= 4 is 0 Å². The van der Waals surface area contributed by atoms with Crippen LogP contribution < -0.4 is 11.1 Å². The van der Waals surface area contributed by atoms with E-state index in [1.165, 1.54) is 57.8 Å². The standard InChI is InChI=1S/C16H32N2/c1-3-4-5-8-12-16(2,14-17)18-13-11-15-9-6-7-10-15/h9,18H,3-8,10-14,17H2,1-2H3. The number of allylic oxidation sites excluding steroid dienone is 1. The van der Waals surface area contributed by atoms with Gasteiger partial charge in [0, 0.05) is 12.1 Å². The second kappa shape index (κ2) is 8.71. The van der Waals surface area contributed by atoms with Crippen molar-refractivity contribution in [1.82, 2.24) is 5.32 Å². The molecule has 1 rings (SSSR count). The van der Waals surface area contributed by atoms with E-state index in [9.17, 15) is 0 Å². The van der Waals surface area contributed by atoms with Gasteiger partial charge in [0.15, 0.2) is 0 Å². The van der Waals surface area contributed by atoms with Crippen molar-refractivity contribution in [3.05, 3.63) is 11.6 Å². The van der Waals surface area contributed by atoms with E-state index >= 15 is 0 Å². The minimum Gasteiger partial charge on any atom is -0.329 e. The summed E-state index contributed by atoms with van der Waals surface area (Å²) < 4.78 is 0. The lowest BCUT2D eigenvalue weighted by molar-refractivity contribution is 0.328. The Bertz CT molecular complexity index is 247. The fourth-order valence-electron chi connectivity index (χ4n) is 2.69.